The third kappa shape index (κ3) is 3.74. The summed E-state index contributed by atoms with van der Waals surface area (Å²) in [7, 11) is 1.66. The molecule has 1 N–H and O–H groups in total. The van der Waals surface area contributed by atoms with Crippen LogP contribution in [0.15, 0.2) is 12.5 Å². The van der Waals surface area contributed by atoms with Gasteiger partial charge in [0.2, 0.25) is 5.88 Å². The van der Waals surface area contributed by atoms with Gasteiger partial charge in [0.15, 0.2) is 0 Å². The first-order valence-electron chi connectivity index (χ1n) is 8.26. The van der Waals surface area contributed by atoms with Crippen LogP contribution in [0, 0.1) is 0 Å². The molecule has 1 aliphatic carbocycles. The summed E-state index contributed by atoms with van der Waals surface area (Å²) in [6.07, 6.45) is 8.52. The number of rotatable bonds is 5. The van der Waals surface area contributed by atoms with Crippen LogP contribution in [-0.2, 0) is 11.3 Å². The van der Waals surface area contributed by atoms with Crippen LogP contribution in [0.1, 0.15) is 31.2 Å². The smallest absolute Gasteiger partial charge is 0.220 e. The summed E-state index contributed by atoms with van der Waals surface area (Å²) in [6, 6.07) is 1.14. The van der Waals surface area contributed by atoms with Crippen molar-refractivity contribution in [2.45, 2.75) is 44.3 Å². The minimum Gasteiger partial charge on any atom is -0.481 e. The lowest BCUT2D eigenvalue weighted by molar-refractivity contribution is -0.000488. The number of morpholine rings is 1. The Hall–Kier alpha value is -1.24. The summed E-state index contributed by atoms with van der Waals surface area (Å²) >= 11 is 0. The van der Waals surface area contributed by atoms with Gasteiger partial charge in [0.05, 0.1) is 20.3 Å². The molecule has 0 aromatic carbocycles. The van der Waals surface area contributed by atoms with E-state index in [1.165, 1.54) is 32.0 Å². The summed E-state index contributed by atoms with van der Waals surface area (Å²) in [5, 5.41) is 3.72. The zero-order valence-electron chi connectivity index (χ0n) is 13.3. The molecule has 6 heteroatoms. The van der Waals surface area contributed by atoms with E-state index < -0.39 is 0 Å². The van der Waals surface area contributed by atoms with Crippen LogP contribution in [0.2, 0.25) is 0 Å². The third-order valence-electron chi connectivity index (χ3n) is 4.74. The van der Waals surface area contributed by atoms with E-state index in [1.807, 2.05) is 6.20 Å². The minimum absolute atomic E-state index is 0.525. The molecular weight excluding hydrogens is 280 g/mol. The van der Waals surface area contributed by atoms with Crippen molar-refractivity contribution in [2.75, 3.05) is 33.4 Å². The molecule has 2 unspecified atom stereocenters. The predicted octanol–water partition coefficient (Wildman–Crippen LogP) is 1.22. The van der Waals surface area contributed by atoms with Gasteiger partial charge in [0, 0.05) is 43.5 Å². The maximum Gasteiger partial charge on any atom is 0.220 e. The van der Waals surface area contributed by atoms with Crippen molar-refractivity contribution in [3.8, 4) is 5.88 Å². The summed E-state index contributed by atoms with van der Waals surface area (Å²) < 4.78 is 10.8. The molecule has 2 heterocycles. The molecule has 1 aromatic heterocycles. The molecule has 1 aliphatic heterocycles. The van der Waals surface area contributed by atoms with Crippen LogP contribution >= 0.6 is 0 Å². The van der Waals surface area contributed by atoms with Crippen LogP contribution in [0.3, 0.4) is 0 Å². The molecular formula is C16H26N4O2. The Morgan fingerprint density at radius 2 is 2.14 bits per heavy atom. The highest BCUT2D eigenvalue weighted by atomic mass is 16.5. The second-order valence-corrected chi connectivity index (χ2v) is 6.04. The first-order valence-corrected chi connectivity index (χ1v) is 8.26. The zero-order chi connectivity index (χ0) is 15.2. The molecule has 0 radical (unpaired) electrons. The molecule has 0 bridgehead atoms. The van der Waals surface area contributed by atoms with E-state index in [9.17, 15) is 0 Å². The summed E-state index contributed by atoms with van der Waals surface area (Å²) in [4.78, 5) is 10.9. The second kappa shape index (κ2) is 7.85. The standard InChI is InChI=1S/C16H26N4O2/c1-21-16-13(10-17-12-19-16)11-18-14-4-2-3-5-15(14)20-6-8-22-9-7-20/h10,12,14-15,18H,2-9,11H2,1H3. The lowest BCUT2D eigenvalue weighted by Gasteiger charge is -2.42. The minimum atomic E-state index is 0.525. The van der Waals surface area contributed by atoms with E-state index in [0.717, 1.165) is 38.4 Å². The number of aromatic nitrogens is 2. The van der Waals surface area contributed by atoms with Gasteiger partial charge < -0.3 is 14.8 Å². The number of hydrogen-bond donors (Lipinski definition) is 1. The van der Waals surface area contributed by atoms with E-state index in [-0.39, 0.29) is 0 Å². The summed E-state index contributed by atoms with van der Waals surface area (Å²) in [6.45, 7) is 4.60. The van der Waals surface area contributed by atoms with Gasteiger partial charge in [-0.2, -0.15) is 0 Å². The van der Waals surface area contributed by atoms with Gasteiger partial charge in [-0.3, -0.25) is 4.90 Å². The topological polar surface area (TPSA) is 59.5 Å². The first-order chi connectivity index (χ1) is 10.9. The number of ether oxygens (including phenoxy) is 2. The van der Waals surface area contributed by atoms with Crippen molar-refractivity contribution in [3.63, 3.8) is 0 Å². The number of nitrogens with one attached hydrogen (secondary N) is 1. The van der Waals surface area contributed by atoms with Crippen LogP contribution in [-0.4, -0.2) is 60.4 Å². The van der Waals surface area contributed by atoms with Crippen molar-refractivity contribution >= 4 is 0 Å². The van der Waals surface area contributed by atoms with Crippen molar-refractivity contribution in [1.29, 1.82) is 0 Å². The van der Waals surface area contributed by atoms with Gasteiger partial charge in [0.1, 0.15) is 6.33 Å². The van der Waals surface area contributed by atoms with Gasteiger partial charge in [0.25, 0.3) is 0 Å². The molecule has 2 fully saturated rings. The molecule has 1 aromatic rings. The Morgan fingerprint density at radius 3 is 2.95 bits per heavy atom. The summed E-state index contributed by atoms with van der Waals surface area (Å²) in [5.74, 6) is 0.668. The predicted molar refractivity (Wildman–Crippen MR) is 83.9 cm³/mol. The van der Waals surface area contributed by atoms with Crippen molar-refractivity contribution in [1.82, 2.24) is 20.2 Å². The van der Waals surface area contributed by atoms with Crippen molar-refractivity contribution in [3.05, 3.63) is 18.1 Å². The van der Waals surface area contributed by atoms with E-state index in [2.05, 4.69) is 20.2 Å². The molecule has 0 amide bonds. The van der Waals surface area contributed by atoms with Crippen LogP contribution < -0.4 is 10.1 Å². The summed E-state index contributed by atoms with van der Waals surface area (Å²) in [5.41, 5.74) is 1.02. The van der Waals surface area contributed by atoms with E-state index >= 15 is 0 Å². The zero-order valence-corrected chi connectivity index (χ0v) is 13.3. The fourth-order valence-electron chi connectivity index (χ4n) is 3.59. The highest BCUT2D eigenvalue weighted by molar-refractivity contribution is 5.21. The average Bonchev–Trinajstić information content (AvgIpc) is 2.61. The fraction of sp³-hybridized carbons (Fsp3) is 0.750. The lowest BCUT2D eigenvalue weighted by Crippen LogP contribution is -2.54. The molecule has 1 saturated heterocycles. The molecule has 3 rings (SSSR count). The van der Waals surface area contributed by atoms with E-state index in [1.54, 1.807) is 7.11 Å². The Labute approximate surface area is 132 Å². The van der Waals surface area contributed by atoms with Crippen LogP contribution in [0.5, 0.6) is 5.88 Å². The first kappa shape index (κ1) is 15.6. The van der Waals surface area contributed by atoms with Gasteiger partial charge in [-0.05, 0) is 12.8 Å². The SMILES string of the molecule is COc1ncncc1CNC1CCCCC1N1CCOCC1. The molecule has 22 heavy (non-hydrogen) atoms. The van der Waals surface area contributed by atoms with Gasteiger partial charge >= 0.3 is 0 Å². The quantitative estimate of drug-likeness (QED) is 0.882. The van der Waals surface area contributed by atoms with E-state index in [4.69, 9.17) is 9.47 Å². The van der Waals surface area contributed by atoms with E-state index in [0.29, 0.717) is 18.0 Å². The normalized spacial score (nSPS) is 26.8. The number of hydrogen-bond acceptors (Lipinski definition) is 6. The average molecular weight is 306 g/mol. The molecule has 0 spiro atoms. The Kier molecular flexibility index (Phi) is 5.58. The maximum atomic E-state index is 5.49. The third-order valence-corrected chi connectivity index (χ3v) is 4.74. The van der Waals surface area contributed by atoms with Crippen molar-refractivity contribution < 1.29 is 9.47 Å². The van der Waals surface area contributed by atoms with Gasteiger partial charge in [-0.15, -0.1) is 0 Å². The Balaban J connectivity index is 1.61. The highest BCUT2D eigenvalue weighted by Gasteiger charge is 2.30. The van der Waals surface area contributed by atoms with Crippen LogP contribution in [0.25, 0.3) is 0 Å². The number of methoxy groups -OCH3 is 1. The largest absolute Gasteiger partial charge is 0.481 e. The maximum absolute atomic E-state index is 5.49. The van der Waals surface area contributed by atoms with Crippen LogP contribution in [0.4, 0.5) is 0 Å². The number of nitrogens with zero attached hydrogens (tertiary/aromatic N) is 3. The molecule has 1 saturated carbocycles. The van der Waals surface area contributed by atoms with Gasteiger partial charge in [-0.1, -0.05) is 12.8 Å². The Morgan fingerprint density at radius 1 is 1.32 bits per heavy atom. The molecule has 6 nitrogen and oxygen atoms in total. The monoisotopic (exact) mass is 306 g/mol. The fourth-order valence-corrected chi connectivity index (χ4v) is 3.59. The molecule has 2 atom stereocenters. The van der Waals surface area contributed by atoms with Gasteiger partial charge in [-0.25, -0.2) is 9.97 Å². The Bertz CT molecular complexity index is 465. The molecule has 122 valence electrons. The lowest BCUT2D eigenvalue weighted by atomic mass is 9.88. The highest BCUT2D eigenvalue weighted by Crippen LogP contribution is 2.25. The molecule has 2 aliphatic rings. The van der Waals surface area contributed by atoms with Crippen molar-refractivity contribution in [2.24, 2.45) is 0 Å². The second-order valence-electron chi connectivity index (χ2n) is 6.04.